The summed E-state index contributed by atoms with van der Waals surface area (Å²) in [5.74, 6) is -0.241. The zero-order valence-electron chi connectivity index (χ0n) is 10.5. The molecule has 2 aromatic heterocycles. The van der Waals surface area contributed by atoms with Crippen molar-refractivity contribution in [1.29, 1.82) is 0 Å². The van der Waals surface area contributed by atoms with Gasteiger partial charge in [0.05, 0.1) is 14.7 Å². The van der Waals surface area contributed by atoms with Gasteiger partial charge in [0.1, 0.15) is 5.52 Å². The molecule has 1 amide bonds. The van der Waals surface area contributed by atoms with Crippen molar-refractivity contribution in [3.63, 3.8) is 0 Å². The summed E-state index contributed by atoms with van der Waals surface area (Å²) in [4.78, 5) is 17.2. The zero-order chi connectivity index (χ0) is 14.8. The quantitative estimate of drug-likeness (QED) is 0.647. The maximum atomic E-state index is 11.9. The number of carbonyl (C=O) groups excluding carboxylic acids is 1. The number of thiophene rings is 1. The van der Waals surface area contributed by atoms with Crippen LogP contribution in [0.5, 0.6) is 0 Å². The first-order valence-corrected chi connectivity index (χ1v) is 8.36. The van der Waals surface area contributed by atoms with E-state index in [4.69, 9.17) is 23.2 Å². The summed E-state index contributed by atoms with van der Waals surface area (Å²) >= 11 is 15.0. The first-order valence-electron chi connectivity index (χ1n) is 5.90. The van der Waals surface area contributed by atoms with Gasteiger partial charge in [0.2, 0.25) is 5.91 Å². The molecule has 0 saturated carbocycles. The minimum atomic E-state index is -0.241. The molecule has 3 nitrogen and oxygen atoms in total. The van der Waals surface area contributed by atoms with Gasteiger partial charge in [0.25, 0.3) is 0 Å². The summed E-state index contributed by atoms with van der Waals surface area (Å²) in [6, 6.07) is 7.27. The molecule has 0 aliphatic carbocycles. The summed E-state index contributed by atoms with van der Waals surface area (Å²) in [7, 11) is 0. The van der Waals surface area contributed by atoms with Crippen LogP contribution in [0.25, 0.3) is 16.3 Å². The van der Waals surface area contributed by atoms with E-state index >= 15 is 0 Å². The lowest BCUT2D eigenvalue weighted by Crippen LogP contribution is -2.06. The standard InChI is InChI=1S/C14H8Cl2N2OS2/c15-9-4-5-10(16)13-12(9)18-14(21-13)17-11(19)6-3-8-2-1-7-20-8/h1-7H,(H,17,18,19). The monoisotopic (exact) mass is 354 g/mol. The fraction of sp³-hybridized carbons (Fsp3) is 0. The Morgan fingerprint density at radius 3 is 2.76 bits per heavy atom. The van der Waals surface area contributed by atoms with Gasteiger partial charge in [-0.3, -0.25) is 10.1 Å². The van der Waals surface area contributed by atoms with Crippen LogP contribution in [0.4, 0.5) is 5.13 Å². The van der Waals surface area contributed by atoms with Gasteiger partial charge in [-0.05, 0) is 29.7 Å². The van der Waals surface area contributed by atoms with E-state index in [0.29, 0.717) is 20.7 Å². The lowest BCUT2D eigenvalue weighted by molar-refractivity contribution is -0.111. The average molecular weight is 355 g/mol. The second-order valence-electron chi connectivity index (χ2n) is 4.06. The van der Waals surface area contributed by atoms with Crippen molar-refractivity contribution in [1.82, 2.24) is 4.98 Å². The number of amides is 1. The van der Waals surface area contributed by atoms with E-state index in [1.807, 2.05) is 17.5 Å². The average Bonchev–Trinajstić information content (AvgIpc) is 3.10. The van der Waals surface area contributed by atoms with Crippen molar-refractivity contribution in [3.05, 3.63) is 50.6 Å². The van der Waals surface area contributed by atoms with Crippen molar-refractivity contribution in [2.45, 2.75) is 0 Å². The first kappa shape index (κ1) is 14.5. The number of aromatic nitrogens is 1. The van der Waals surface area contributed by atoms with E-state index in [-0.39, 0.29) is 5.91 Å². The highest BCUT2D eigenvalue weighted by atomic mass is 35.5. The number of fused-ring (bicyclic) bond motifs is 1. The number of nitrogens with zero attached hydrogens (tertiary/aromatic N) is 1. The summed E-state index contributed by atoms with van der Waals surface area (Å²) < 4.78 is 0.765. The second kappa shape index (κ2) is 6.15. The molecular weight excluding hydrogens is 347 g/mol. The highest BCUT2D eigenvalue weighted by Gasteiger charge is 2.11. The second-order valence-corrected chi connectivity index (χ2v) is 6.86. The molecule has 0 unspecified atom stereocenters. The van der Waals surface area contributed by atoms with Crippen LogP contribution in [-0.4, -0.2) is 10.9 Å². The maximum absolute atomic E-state index is 11.9. The van der Waals surface area contributed by atoms with Gasteiger partial charge < -0.3 is 0 Å². The number of nitrogens with one attached hydrogen (secondary N) is 1. The van der Waals surface area contributed by atoms with Crippen molar-refractivity contribution >= 4 is 73.2 Å². The van der Waals surface area contributed by atoms with Crippen LogP contribution in [0.1, 0.15) is 4.88 Å². The van der Waals surface area contributed by atoms with E-state index in [1.165, 1.54) is 17.4 Å². The third-order valence-electron chi connectivity index (χ3n) is 2.62. The van der Waals surface area contributed by atoms with Crippen LogP contribution in [0.15, 0.2) is 35.7 Å². The molecule has 0 aliphatic rings. The molecule has 1 aromatic carbocycles. The van der Waals surface area contributed by atoms with E-state index in [1.54, 1.807) is 29.5 Å². The van der Waals surface area contributed by atoms with Crippen LogP contribution < -0.4 is 5.32 Å². The number of hydrogen-bond donors (Lipinski definition) is 1. The van der Waals surface area contributed by atoms with Crippen molar-refractivity contribution in [3.8, 4) is 0 Å². The Labute approximate surface area is 138 Å². The molecule has 0 atom stereocenters. The van der Waals surface area contributed by atoms with E-state index < -0.39 is 0 Å². The van der Waals surface area contributed by atoms with Gasteiger partial charge in [-0.1, -0.05) is 40.6 Å². The molecule has 0 aliphatic heterocycles. The zero-order valence-corrected chi connectivity index (χ0v) is 13.6. The smallest absolute Gasteiger partial charge is 0.250 e. The molecule has 0 spiro atoms. The number of hydrogen-bond acceptors (Lipinski definition) is 4. The van der Waals surface area contributed by atoms with Gasteiger partial charge in [-0.15, -0.1) is 11.3 Å². The predicted octanol–water partition coefficient (Wildman–Crippen LogP) is 5.32. The van der Waals surface area contributed by atoms with Crippen molar-refractivity contribution in [2.75, 3.05) is 5.32 Å². The molecule has 1 N–H and O–H groups in total. The number of thiazole rings is 1. The molecule has 0 fully saturated rings. The van der Waals surface area contributed by atoms with Gasteiger partial charge in [0, 0.05) is 11.0 Å². The Hall–Kier alpha value is -1.40. The molecule has 21 heavy (non-hydrogen) atoms. The molecule has 0 radical (unpaired) electrons. The number of carbonyl (C=O) groups is 1. The van der Waals surface area contributed by atoms with Gasteiger partial charge in [-0.2, -0.15) is 0 Å². The largest absolute Gasteiger partial charge is 0.298 e. The molecule has 7 heteroatoms. The van der Waals surface area contributed by atoms with Crippen LogP contribution in [0.2, 0.25) is 10.0 Å². The van der Waals surface area contributed by atoms with E-state index in [9.17, 15) is 4.79 Å². The highest BCUT2D eigenvalue weighted by molar-refractivity contribution is 7.23. The molecule has 2 heterocycles. The molecule has 106 valence electrons. The molecule has 0 saturated heterocycles. The third kappa shape index (κ3) is 3.27. The van der Waals surface area contributed by atoms with Crippen LogP contribution in [0.3, 0.4) is 0 Å². The molecular formula is C14H8Cl2N2OS2. The Kier molecular flexibility index (Phi) is 4.26. The Balaban J connectivity index is 1.80. The summed E-state index contributed by atoms with van der Waals surface area (Å²) in [5, 5.41) is 6.23. The number of rotatable bonds is 3. The van der Waals surface area contributed by atoms with Crippen molar-refractivity contribution in [2.24, 2.45) is 0 Å². The maximum Gasteiger partial charge on any atom is 0.250 e. The van der Waals surface area contributed by atoms with Crippen molar-refractivity contribution < 1.29 is 4.79 Å². The minimum Gasteiger partial charge on any atom is -0.298 e. The molecule has 3 aromatic rings. The lowest BCUT2D eigenvalue weighted by Gasteiger charge is -1.94. The summed E-state index contributed by atoms with van der Waals surface area (Å²) in [6.45, 7) is 0. The fourth-order valence-corrected chi connectivity index (χ4v) is 3.73. The number of anilines is 1. The fourth-order valence-electron chi connectivity index (χ4n) is 1.69. The summed E-state index contributed by atoms with van der Waals surface area (Å²) in [6.07, 6.45) is 3.23. The highest BCUT2D eigenvalue weighted by Crippen LogP contribution is 2.35. The van der Waals surface area contributed by atoms with Gasteiger partial charge in [0.15, 0.2) is 5.13 Å². The predicted molar refractivity (Wildman–Crippen MR) is 91.6 cm³/mol. The van der Waals surface area contributed by atoms with E-state index in [2.05, 4.69) is 10.3 Å². The number of halogens is 2. The lowest BCUT2D eigenvalue weighted by atomic mass is 10.3. The Morgan fingerprint density at radius 1 is 1.24 bits per heavy atom. The molecule has 0 bridgehead atoms. The Bertz CT molecular complexity index is 786. The molecule has 3 rings (SSSR count). The van der Waals surface area contributed by atoms with Crippen LogP contribution >= 0.6 is 45.9 Å². The van der Waals surface area contributed by atoms with Gasteiger partial charge >= 0.3 is 0 Å². The number of benzene rings is 1. The topological polar surface area (TPSA) is 42.0 Å². The van der Waals surface area contributed by atoms with Crippen LogP contribution in [-0.2, 0) is 4.79 Å². The van der Waals surface area contributed by atoms with Crippen LogP contribution in [0, 0.1) is 0 Å². The van der Waals surface area contributed by atoms with Gasteiger partial charge in [-0.25, -0.2) is 4.98 Å². The SMILES string of the molecule is O=C(C=Cc1cccs1)Nc1nc2c(Cl)ccc(Cl)c2s1. The normalized spacial score (nSPS) is 11.3. The Morgan fingerprint density at radius 2 is 2.05 bits per heavy atom. The minimum absolute atomic E-state index is 0.241. The first-order chi connectivity index (χ1) is 10.1. The summed E-state index contributed by atoms with van der Waals surface area (Å²) in [5.41, 5.74) is 0.603. The third-order valence-corrected chi connectivity index (χ3v) is 5.19. The van der Waals surface area contributed by atoms with E-state index in [0.717, 1.165) is 9.58 Å².